The number of pyridine rings is 1. The highest BCUT2D eigenvalue weighted by atomic mass is 79.9. The molecule has 0 bridgehead atoms. The van der Waals surface area contributed by atoms with Crippen molar-refractivity contribution >= 4 is 33.3 Å². The van der Waals surface area contributed by atoms with Gasteiger partial charge in [0.1, 0.15) is 11.4 Å². The molecule has 28 heavy (non-hydrogen) atoms. The van der Waals surface area contributed by atoms with Gasteiger partial charge in [-0.05, 0) is 42.3 Å². The number of carbonyl (C=O) groups excluding carboxylic acids is 1. The molecule has 0 saturated carbocycles. The number of halogens is 1. The summed E-state index contributed by atoms with van der Waals surface area (Å²) in [5.74, 6) is 0.535. The molecule has 0 aliphatic carbocycles. The number of para-hydroxylation sites is 2. The Morgan fingerprint density at radius 2 is 1.75 bits per heavy atom. The lowest BCUT2D eigenvalue weighted by molar-refractivity contribution is 0.262. The molecule has 0 aliphatic rings. The molecular formula is C21H20BrN3O3. The number of rotatable bonds is 5. The van der Waals surface area contributed by atoms with E-state index in [1.54, 1.807) is 35.0 Å². The Morgan fingerprint density at radius 3 is 2.50 bits per heavy atom. The van der Waals surface area contributed by atoms with E-state index in [4.69, 9.17) is 4.74 Å². The van der Waals surface area contributed by atoms with Crippen LogP contribution in [0.15, 0.2) is 70.1 Å². The molecule has 2 amide bonds. The van der Waals surface area contributed by atoms with Crippen LogP contribution < -0.4 is 20.9 Å². The van der Waals surface area contributed by atoms with E-state index in [0.717, 1.165) is 15.6 Å². The average molecular weight is 442 g/mol. The first-order valence-electron chi connectivity index (χ1n) is 8.63. The van der Waals surface area contributed by atoms with Gasteiger partial charge in [0.2, 0.25) is 0 Å². The zero-order valence-electron chi connectivity index (χ0n) is 15.5. The standard InChI is InChI=1S/C21H20BrN3O3/c1-14-11-18(24-21(27)23-17-9-5-6-10-19(17)28-2)20(26)25(12-14)13-15-7-3-4-8-16(15)22/h3-12H,13H2,1-2H3,(H2,23,24,27). The van der Waals surface area contributed by atoms with E-state index < -0.39 is 6.03 Å². The number of hydrogen-bond donors (Lipinski definition) is 2. The summed E-state index contributed by atoms with van der Waals surface area (Å²) < 4.78 is 7.72. The Balaban J connectivity index is 1.82. The first kappa shape index (κ1) is 19.7. The monoisotopic (exact) mass is 441 g/mol. The van der Waals surface area contributed by atoms with Gasteiger partial charge in [-0.25, -0.2) is 4.79 Å². The average Bonchev–Trinajstić information content (AvgIpc) is 2.67. The Hall–Kier alpha value is -3.06. The molecule has 0 spiro atoms. The van der Waals surface area contributed by atoms with Crippen molar-refractivity contribution in [3.8, 4) is 5.75 Å². The van der Waals surface area contributed by atoms with Crippen molar-refractivity contribution in [3.05, 3.63) is 86.7 Å². The molecule has 3 rings (SSSR count). The number of aryl methyl sites for hydroxylation is 1. The number of carbonyl (C=O) groups is 1. The highest BCUT2D eigenvalue weighted by molar-refractivity contribution is 9.10. The number of aromatic nitrogens is 1. The maximum atomic E-state index is 12.8. The van der Waals surface area contributed by atoms with Crippen molar-refractivity contribution in [3.63, 3.8) is 0 Å². The molecule has 1 aromatic heterocycles. The zero-order chi connectivity index (χ0) is 20.1. The van der Waals surface area contributed by atoms with Gasteiger partial charge in [-0.2, -0.15) is 0 Å². The molecule has 2 N–H and O–H groups in total. The maximum Gasteiger partial charge on any atom is 0.323 e. The van der Waals surface area contributed by atoms with Crippen molar-refractivity contribution in [2.75, 3.05) is 17.7 Å². The SMILES string of the molecule is COc1ccccc1NC(=O)Nc1cc(C)cn(Cc2ccccc2Br)c1=O. The van der Waals surface area contributed by atoms with Gasteiger partial charge in [-0.1, -0.05) is 46.3 Å². The van der Waals surface area contributed by atoms with Crippen LogP contribution in [-0.2, 0) is 6.54 Å². The van der Waals surface area contributed by atoms with Crippen LogP contribution in [0.25, 0.3) is 0 Å². The van der Waals surface area contributed by atoms with Crippen molar-refractivity contribution in [2.24, 2.45) is 0 Å². The third kappa shape index (κ3) is 4.61. The minimum absolute atomic E-state index is 0.208. The minimum atomic E-state index is -0.514. The molecule has 0 fully saturated rings. The number of nitrogens with one attached hydrogen (secondary N) is 2. The lowest BCUT2D eigenvalue weighted by Crippen LogP contribution is -2.28. The summed E-state index contributed by atoms with van der Waals surface area (Å²) >= 11 is 3.50. The van der Waals surface area contributed by atoms with Crippen molar-refractivity contribution in [2.45, 2.75) is 13.5 Å². The van der Waals surface area contributed by atoms with Gasteiger partial charge in [0.15, 0.2) is 0 Å². The minimum Gasteiger partial charge on any atom is -0.495 e. The summed E-state index contributed by atoms with van der Waals surface area (Å²) in [6.07, 6.45) is 1.77. The van der Waals surface area contributed by atoms with E-state index in [0.29, 0.717) is 18.0 Å². The van der Waals surface area contributed by atoms with Crippen LogP contribution in [0.4, 0.5) is 16.2 Å². The lowest BCUT2D eigenvalue weighted by Gasteiger charge is -2.13. The van der Waals surface area contributed by atoms with E-state index in [2.05, 4.69) is 26.6 Å². The molecule has 3 aromatic rings. The number of amides is 2. The molecule has 0 aliphatic heterocycles. The number of ether oxygens (including phenoxy) is 1. The smallest absolute Gasteiger partial charge is 0.323 e. The maximum absolute atomic E-state index is 12.8. The third-order valence-corrected chi connectivity index (χ3v) is 4.90. The number of nitrogens with zero attached hydrogens (tertiary/aromatic N) is 1. The van der Waals surface area contributed by atoms with Gasteiger partial charge < -0.3 is 19.9 Å². The van der Waals surface area contributed by atoms with Crippen molar-refractivity contribution in [1.29, 1.82) is 0 Å². The highest BCUT2D eigenvalue weighted by Crippen LogP contribution is 2.23. The van der Waals surface area contributed by atoms with E-state index in [1.165, 1.54) is 7.11 Å². The largest absolute Gasteiger partial charge is 0.495 e. The molecule has 0 radical (unpaired) electrons. The van der Waals surface area contributed by atoms with Gasteiger partial charge in [-0.15, -0.1) is 0 Å². The topological polar surface area (TPSA) is 72.4 Å². The summed E-state index contributed by atoms with van der Waals surface area (Å²) in [7, 11) is 1.53. The second kappa shape index (κ2) is 8.75. The lowest BCUT2D eigenvalue weighted by atomic mass is 10.2. The van der Waals surface area contributed by atoms with Crippen LogP contribution in [0, 0.1) is 6.92 Å². The van der Waals surface area contributed by atoms with Gasteiger partial charge >= 0.3 is 6.03 Å². The number of anilines is 2. The summed E-state index contributed by atoms with van der Waals surface area (Å²) in [6, 6.07) is 15.9. The van der Waals surface area contributed by atoms with Crippen LogP contribution in [0.3, 0.4) is 0 Å². The fourth-order valence-electron chi connectivity index (χ4n) is 2.83. The van der Waals surface area contributed by atoms with Crippen molar-refractivity contribution in [1.82, 2.24) is 4.57 Å². The van der Waals surface area contributed by atoms with Crippen LogP contribution in [0.1, 0.15) is 11.1 Å². The van der Waals surface area contributed by atoms with Gasteiger partial charge in [-0.3, -0.25) is 4.79 Å². The summed E-state index contributed by atoms with van der Waals surface area (Å²) in [4.78, 5) is 25.2. The van der Waals surface area contributed by atoms with Crippen LogP contribution in [0.2, 0.25) is 0 Å². The van der Waals surface area contributed by atoms with Gasteiger partial charge in [0.05, 0.1) is 19.3 Å². The fraction of sp³-hybridized carbons (Fsp3) is 0.143. The normalized spacial score (nSPS) is 10.4. The molecule has 0 saturated heterocycles. The van der Waals surface area contributed by atoms with Crippen LogP contribution in [0.5, 0.6) is 5.75 Å². The van der Waals surface area contributed by atoms with E-state index >= 15 is 0 Å². The Labute approximate surface area is 171 Å². The van der Waals surface area contributed by atoms with Crippen molar-refractivity contribution < 1.29 is 9.53 Å². The molecule has 144 valence electrons. The fourth-order valence-corrected chi connectivity index (χ4v) is 3.24. The first-order valence-corrected chi connectivity index (χ1v) is 9.42. The highest BCUT2D eigenvalue weighted by Gasteiger charge is 2.12. The quantitative estimate of drug-likeness (QED) is 0.606. The third-order valence-electron chi connectivity index (χ3n) is 4.12. The number of urea groups is 1. The molecule has 0 unspecified atom stereocenters. The predicted molar refractivity (Wildman–Crippen MR) is 114 cm³/mol. The van der Waals surface area contributed by atoms with Crippen LogP contribution in [-0.4, -0.2) is 17.7 Å². The van der Waals surface area contributed by atoms with Gasteiger partial charge in [0.25, 0.3) is 5.56 Å². The Kier molecular flexibility index (Phi) is 6.16. The second-order valence-electron chi connectivity index (χ2n) is 6.24. The second-order valence-corrected chi connectivity index (χ2v) is 7.09. The summed E-state index contributed by atoms with van der Waals surface area (Å²) in [5.41, 5.74) is 2.28. The summed E-state index contributed by atoms with van der Waals surface area (Å²) in [5, 5.41) is 5.35. The van der Waals surface area contributed by atoms with Crippen LogP contribution >= 0.6 is 15.9 Å². The molecule has 0 atom stereocenters. The molecule has 2 aromatic carbocycles. The molecule has 6 nitrogen and oxygen atoms in total. The summed E-state index contributed by atoms with van der Waals surface area (Å²) in [6.45, 7) is 2.27. The van der Waals surface area contributed by atoms with E-state index in [1.807, 2.05) is 37.3 Å². The Bertz CT molecular complexity index is 1060. The number of methoxy groups -OCH3 is 1. The van der Waals surface area contributed by atoms with Gasteiger partial charge in [0, 0.05) is 10.7 Å². The zero-order valence-corrected chi connectivity index (χ0v) is 17.1. The molecular weight excluding hydrogens is 422 g/mol. The number of hydrogen-bond acceptors (Lipinski definition) is 3. The van der Waals surface area contributed by atoms with E-state index in [9.17, 15) is 9.59 Å². The first-order chi connectivity index (χ1) is 13.5. The Morgan fingerprint density at radius 1 is 1.07 bits per heavy atom. The molecule has 1 heterocycles. The predicted octanol–water partition coefficient (Wildman–Crippen LogP) is 4.62. The number of benzene rings is 2. The molecule has 7 heteroatoms. The van der Waals surface area contributed by atoms with E-state index in [-0.39, 0.29) is 11.2 Å².